The van der Waals surface area contributed by atoms with E-state index in [1.807, 2.05) is 6.92 Å². The zero-order valence-electron chi connectivity index (χ0n) is 9.47. The minimum absolute atomic E-state index is 0.0293. The van der Waals surface area contributed by atoms with Gasteiger partial charge in [0.05, 0.1) is 6.54 Å². The Labute approximate surface area is 91.0 Å². The van der Waals surface area contributed by atoms with Gasteiger partial charge in [0, 0.05) is 20.1 Å². The largest absolute Gasteiger partial charge is 0.355 e. The number of hydrogen-bond acceptors (Lipinski definition) is 2. The average molecular weight is 212 g/mol. The molecule has 0 aliphatic carbocycles. The van der Waals surface area contributed by atoms with Crippen molar-refractivity contribution in [3.63, 3.8) is 0 Å². The van der Waals surface area contributed by atoms with Gasteiger partial charge in [-0.3, -0.25) is 9.79 Å². The summed E-state index contributed by atoms with van der Waals surface area (Å²) in [5.74, 6) is 0.569. The number of amides is 1. The van der Waals surface area contributed by atoms with Crippen LogP contribution in [0.15, 0.2) is 17.6 Å². The number of nitrogens with one attached hydrogen (secondary N) is 3. The first-order valence-electron chi connectivity index (χ1n) is 5.06. The van der Waals surface area contributed by atoms with Crippen molar-refractivity contribution < 1.29 is 4.79 Å². The van der Waals surface area contributed by atoms with E-state index in [-0.39, 0.29) is 12.5 Å². The third-order valence-corrected chi connectivity index (χ3v) is 1.63. The molecule has 0 fully saturated rings. The zero-order chi connectivity index (χ0) is 11.5. The number of aliphatic imine (C=N–C) groups is 1. The van der Waals surface area contributed by atoms with Crippen molar-refractivity contribution in [3.05, 3.63) is 12.7 Å². The van der Waals surface area contributed by atoms with Gasteiger partial charge in [-0.1, -0.05) is 13.0 Å². The van der Waals surface area contributed by atoms with Crippen molar-refractivity contribution in [1.29, 1.82) is 0 Å². The molecule has 0 radical (unpaired) electrons. The van der Waals surface area contributed by atoms with Crippen molar-refractivity contribution in [2.45, 2.75) is 13.3 Å². The first-order valence-corrected chi connectivity index (χ1v) is 5.06. The molecule has 86 valence electrons. The highest BCUT2D eigenvalue weighted by atomic mass is 16.1. The molecule has 3 N–H and O–H groups in total. The van der Waals surface area contributed by atoms with E-state index in [1.165, 1.54) is 0 Å². The summed E-state index contributed by atoms with van der Waals surface area (Å²) >= 11 is 0. The SMILES string of the molecule is C=CCNC(=NC)NCC(=O)NCCC. The fraction of sp³-hybridized carbons (Fsp3) is 0.600. The summed E-state index contributed by atoms with van der Waals surface area (Å²) in [4.78, 5) is 15.2. The van der Waals surface area contributed by atoms with Crippen LogP contribution in [0.2, 0.25) is 0 Å². The monoisotopic (exact) mass is 212 g/mol. The van der Waals surface area contributed by atoms with E-state index in [0.717, 1.165) is 6.42 Å². The van der Waals surface area contributed by atoms with E-state index < -0.39 is 0 Å². The quantitative estimate of drug-likeness (QED) is 0.326. The van der Waals surface area contributed by atoms with Crippen LogP contribution in [0.25, 0.3) is 0 Å². The van der Waals surface area contributed by atoms with Crippen LogP contribution in [0.1, 0.15) is 13.3 Å². The van der Waals surface area contributed by atoms with Crippen molar-refractivity contribution in [2.75, 3.05) is 26.7 Å². The smallest absolute Gasteiger partial charge is 0.239 e. The van der Waals surface area contributed by atoms with Gasteiger partial charge in [-0.15, -0.1) is 6.58 Å². The third kappa shape index (κ3) is 7.54. The van der Waals surface area contributed by atoms with Crippen LogP contribution in [-0.2, 0) is 4.79 Å². The maximum absolute atomic E-state index is 11.2. The molecular weight excluding hydrogens is 192 g/mol. The van der Waals surface area contributed by atoms with Crippen molar-refractivity contribution in [3.8, 4) is 0 Å². The zero-order valence-corrected chi connectivity index (χ0v) is 9.47. The number of rotatable bonds is 6. The lowest BCUT2D eigenvalue weighted by Crippen LogP contribution is -2.43. The molecule has 5 nitrogen and oxygen atoms in total. The Bertz CT molecular complexity index is 225. The fourth-order valence-electron chi connectivity index (χ4n) is 0.880. The van der Waals surface area contributed by atoms with E-state index >= 15 is 0 Å². The highest BCUT2D eigenvalue weighted by Gasteiger charge is 2.00. The Balaban J connectivity index is 3.70. The second-order valence-corrected chi connectivity index (χ2v) is 2.95. The Morgan fingerprint density at radius 2 is 2.13 bits per heavy atom. The van der Waals surface area contributed by atoms with Crippen LogP contribution in [0.4, 0.5) is 0 Å². The van der Waals surface area contributed by atoms with Gasteiger partial charge in [0.25, 0.3) is 0 Å². The molecule has 0 saturated carbocycles. The average Bonchev–Trinajstić information content (AvgIpc) is 2.26. The van der Waals surface area contributed by atoms with Gasteiger partial charge in [-0.25, -0.2) is 0 Å². The molecule has 15 heavy (non-hydrogen) atoms. The highest BCUT2D eigenvalue weighted by molar-refractivity contribution is 5.86. The van der Waals surface area contributed by atoms with Crippen LogP contribution in [0.3, 0.4) is 0 Å². The van der Waals surface area contributed by atoms with E-state index in [4.69, 9.17) is 0 Å². The Morgan fingerprint density at radius 3 is 2.67 bits per heavy atom. The maximum Gasteiger partial charge on any atom is 0.239 e. The van der Waals surface area contributed by atoms with E-state index in [0.29, 0.717) is 19.0 Å². The highest BCUT2D eigenvalue weighted by Crippen LogP contribution is 1.72. The number of hydrogen-bond donors (Lipinski definition) is 3. The number of nitrogens with zero attached hydrogens (tertiary/aromatic N) is 1. The molecule has 0 saturated heterocycles. The first kappa shape index (κ1) is 13.5. The Hall–Kier alpha value is -1.52. The maximum atomic E-state index is 11.2. The minimum Gasteiger partial charge on any atom is -0.355 e. The summed E-state index contributed by atoms with van der Waals surface area (Å²) in [6.07, 6.45) is 2.67. The normalized spacial score (nSPS) is 10.7. The summed E-state index contributed by atoms with van der Waals surface area (Å²) < 4.78 is 0. The van der Waals surface area contributed by atoms with E-state index in [9.17, 15) is 4.79 Å². The molecule has 0 aliphatic heterocycles. The van der Waals surface area contributed by atoms with Gasteiger partial charge in [-0.2, -0.15) is 0 Å². The summed E-state index contributed by atoms with van der Waals surface area (Å²) in [7, 11) is 1.66. The molecule has 0 aromatic heterocycles. The molecule has 0 heterocycles. The fourth-order valence-corrected chi connectivity index (χ4v) is 0.880. The van der Waals surface area contributed by atoms with Crippen molar-refractivity contribution >= 4 is 11.9 Å². The molecule has 0 spiro atoms. The number of carbonyl (C=O) groups excluding carboxylic acids is 1. The molecule has 0 aromatic rings. The molecule has 1 amide bonds. The van der Waals surface area contributed by atoms with Crippen LogP contribution >= 0.6 is 0 Å². The molecule has 5 heteroatoms. The minimum atomic E-state index is -0.0293. The molecule has 0 bridgehead atoms. The predicted octanol–water partition coefficient (Wildman–Crippen LogP) is -0.136. The number of guanidine groups is 1. The van der Waals surface area contributed by atoms with Gasteiger partial charge >= 0.3 is 0 Å². The van der Waals surface area contributed by atoms with Crippen LogP contribution in [0, 0.1) is 0 Å². The van der Waals surface area contributed by atoms with Crippen LogP contribution < -0.4 is 16.0 Å². The van der Waals surface area contributed by atoms with Gasteiger partial charge in [0.15, 0.2) is 5.96 Å². The molecule has 0 unspecified atom stereocenters. The number of carbonyl (C=O) groups is 1. The summed E-state index contributed by atoms with van der Waals surface area (Å²) in [5, 5.41) is 8.63. The van der Waals surface area contributed by atoms with E-state index in [1.54, 1.807) is 13.1 Å². The Morgan fingerprint density at radius 1 is 1.40 bits per heavy atom. The summed E-state index contributed by atoms with van der Waals surface area (Å²) in [6, 6.07) is 0. The van der Waals surface area contributed by atoms with Crippen LogP contribution in [0.5, 0.6) is 0 Å². The second kappa shape index (κ2) is 9.05. The van der Waals surface area contributed by atoms with Gasteiger partial charge in [0.1, 0.15) is 0 Å². The second-order valence-electron chi connectivity index (χ2n) is 2.95. The molecule has 0 rings (SSSR count). The molecule has 0 aliphatic rings. The lowest BCUT2D eigenvalue weighted by atomic mass is 10.4. The summed E-state index contributed by atoms with van der Waals surface area (Å²) in [6.45, 7) is 7.15. The standard InChI is InChI=1S/C10H20N4O/c1-4-6-12-9(15)8-14-10(11-3)13-7-5-2/h5H,2,4,6-8H2,1,3H3,(H,12,15)(H2,11,13,14). The van der Waals surface area contributed by atoms with Crippen molar-refractivity contribution in [2.24, 2.45) is 4.99 Å². The predicted molar refractivity (Wildman–Crippen MR) is 62.9 cm³/mol. The molecular formula is C10H20N4O. The van der Waals surface area contributed by atoms with Crippen LogP contribution in [-0.4, -0.2) is 38.5 Å². The van der Waals surface area contributed by atoms with Gasteiger partial charge < -0.3 is 16.0 Å². The Kier molecular flexibility index (Phi) is 8.13. The first-order chi connectivity index (χ1) is 7.24. The van der Waals surface area contributed by atoms with Gasteiger partial charge in [0.2, 0.25) is 5.91 Å². The lowest BCUT2D eigenvalue weighted by Gasteiger charge is -2.10. The van der Waals surface area contributed by atoms with E-state index in [2.05, 4.69) is 27.5 Å². The lowest BCUT2D eigenvalue weighted by molar-refractivity contribution is -0.120. The summed E-state index contributed by atoms with van der Waals surface area (Å²) in [5.41, 5.74) is 0. The molecule has 0 atom stereocenters. The van der Waals surface area contributed by atoms with Gasteiger partial charge in [-0.05, 0) is 6.42 Å². The third-order valence-electron chi connectivity index (χ3n) is 1.63. The van der Waals surface area contributed by atoms with Crippen molar-refractivity contribution in [1.82, 2.24) is 16.0 Å². The topological polar surface area (TPSA) is 65.5 Å². The molecule has 0 aromatic carbocycles.